The normalized spacial score (nSPS) is 10.5. The van der Waals surface area contributed by atoms with Crippen molar-refractivity contribution < 1.29 is 13.2 Å². The number of furan rings is 1. The van der Waals surface area contributed by atoms with Crippen LogP contribution >= 0.6 is 0 Å². The number of hydrogen-bond donors (Lipinski definition) is 1. The molecule has 0 radical (unpaired) electrons. The van der Waals surface area contributed by atoms with Crippen molar-refractivity contribution in [2.45, 2.75) is 6.54 Å². The molecule has 0 spiro atoms. The molecule has 90 valence electrons. The van der Waals surface area contributed by atoms with E-state index < -0.39 is 11.6 Å². The predicted molar refractivity (Wildman–Crippen MR) is 59.4 cm³/mol. The zero-order valence-corrected chi connectivity index (χ0v) is 9.15. The third kappa shape index (κ3) is 2.35. The summed E-state index contributed by atoms with van der Waals surface area (Å²) in [6.45, 7) is 0.321. The fraction of sp³-hybridized carbons (Fsp3) is 0.182. The third-order valence-electron chi connectivity index (χ3n) is 2.27. The lowest BCUT2D eigenvalue weighted by atomic mass is 10.3. The van der Waals surface area contributed by atoms with Gasteiger partial charge in [0.25, 0.3) is 0 Å². The molecular weight excluding hydrogens is 228 g/mol. The molecule has 6 heteroatoms. The lowest BCUT2D eigenvalue weighted by Crippen LogP contribution is -2.19. The number of pyridine rings is 1. The topological polar surface area (TPSA) is 55.3 Å². The van der Waals surface area contributed by atoms with Crippen LogP contribution in [0.1, 0.15) is 5.76 Å². The van der Waals surface area contributed by atoms with Crippen molar-refractivity contribution in [3.8, 4) is 0 Å². The standard InChI is InChI=1S/C11H11F2N3O/c1-16(6-7-3-2-4-17-7)11-9(13)5-8(12)10(14)15-11/h2-5H,6H2,1H3,(H2,14,15). The maximum absolute atomic E-state index is 13.5. The lowest BCUT2D eigenvalue weighted by Gasteiger charge is -2.17. The van der Waals surface area contributed by atoms with Gasteiger partial charge in [0.2, 0.25) is 0 Å². The van der Waals surface area contributed by atoms with E-state index in [2.05, 4.69) is 4.98 Å². The van der Waals surface area contributed by atoms with Crippen molar-refractivity contribution in [2.75, 3.05) is 17.7 Å². The number of rotatable bonds is 3. The van der Waals surface area contributed by atoms with Gasteiger partial charge in [0, 0.05) is 13.1 Å². The number of nitrogens with zero attached hydrogens (tertiary/aromatic N) is 2. The van der Waals surface area contributed by atoms with Crippen LogP contribution in [0.4, 0.5) is 20.4 Å². The Bertz CT molecular complexity index is 514. The Morgan fingerprint density at radius 1 is 1.41 bits per heavy atom. The average Bonchev–Trinajstić information content (AvgIpc) is 2.76. The number of nitrogens with two attached hydrogens (primary N) is 1. The van der Waals surface area contributed by atoms with Crippen LogP contribution in [0.15, 0.2) is 28.9 Å². The largest absolute Gasteiger partial charge is 0.467 e. The third-order valence-corrected chi connectivity index (χ3v) is 2.27. The van der Waals surface area contributed by atoms with Crippen LogP contribution < -0.4 is 10.6 Å². The average molecular weight is 239 g/mol. The number of aromatic nitrogens is 1. The molecule has 0 atom stereocenters. The molecule has 0 fully saturated rings. The highest BCUT2D eigenvalue weighted by Gasteiger charge is 2.14. The van der Waals surface area contributed by atoms with Crippen molar-refractivity contribution in [1.29, 1.82) is 0 Å². The number of halogens is 2. The minimum Gasteiger partial charge on any atom is -0.467 e. The molecule has 2 heterocycles. The first kappa shape index (κ1) is 11.4. The summed E-state index contributed by atoms with van der Waals surface area (Å²) in [5.74, 6) is -1.31. The second-order valence-electron chi connectivity index (χ2n) is 3.60. The smallest absolute Gasteiger partial charge is 0.168 e. The SMILES string of the molecule is CN(Cc1ccco1)c1nc(N)c(F)cc1F. The molecule has 0 saturated heterocycles. The zero-order chi connectivity index (χ0) is 12.4. The molecule has 0 aliphatic rings. The minimum absolute atomic E-state index is 0.0136. The van der Waals surface area contributed by atoms with E-state index in [0.29, 0.717) is 12.3 Å². The molecule has 0 aliphatic carbocycles. The van der Waals surface area contributed by atoms with Crippen molar-refractivity contribution in [3.63, 3.8) is 0 Å². The summed E-state index contributed by atoms with van der Waals surface area (Å²) in [5.41, 5.74) is 5.30. The van der Waals surface area contributed by atoms with Gasteiger partial charge in [0.15, 0.2) is 23.3 Å². The van der Waals surface area contributed by atoms with Gasteiger partial charge in [-0.05, 0) is 12.1 Å². The molecule has 0 unspecified atom stereocenters. The Hall–Kier alpha value is -2.11. The first-order chi connectivity index (χ1) is 8.08. The molecule has 0 aliphatic heterocycles. The highest BCUT2D eigenvalue weighted by Crippen LogP contribution is 2.21. The van der Waals surface area contributed by atoms with Crippen LogP contribution in [0.2, 0.25) is 0 Å². The highest BCUT2D eigenvalue weighted by atomic mass is 19.1. The van der Waals surface area contributed by atoms with Crippen LogP contribution in [0.25, 0.3) is 0 Å². The monoisotopic (exact) mass is 239 g/mol. The van der Waals surface area contributed by atoms with E-state index in [1.807, 2.05) is 0 Å². The van der Waals surface area contributed by atoms with Gasteiger partial charge in [0.05, 0.1) is 12.8 Å². The Labute approximate surface area is 96.7 Å². The molecule has 2 N–H and O–H groups in total. The van der Waals surface area contributed by atoms with Gasteiger partial charge >= 0.3 is 0 Å². The molecule has 2 aromatic rings. The maximum atomic E-state index is 13.5. The number of nitrogen functional groups attached to an aromatic ring is 1. The van der Waals surface area contributed by atoms with Crippen molar-refractivity contribution >= 4 is 11.6 Å². The molecule has 0 amide bonds. The second kappa shape index (κ2) is 4.40. The van der Waals surface area contributed by atoms with E-state index in [1.165, 1.54) is 11.2 Å². The van der Waals surface area contributed by atoms with Crippen LogP contribution in [-0.4, -0.2) is 12.0 Å². The van der Waals surface area contributed by atoms with Gasteiger partial charge < -0.3 is 15.1 Å². The number of anilines is 2. The van der Waals surface area contributed by atoms with Crippen LogP contribution in [-0.2, 0) is 6.54 Å². The van der Waals surface area contributed by atoms with Gasteiger partial charge in [-0.3, -0.25) is 0 Å². The first-order valence-electron chi connectivity index (χ1n) is 4.93. The Morgan fingerprint density at radius 3 is 2.82 bits per heavy atom. The van der Waals surface area contributed by atoms with E-state index in [9.17, 15) is 8.78 Å². The fourth-order valence-corrected chi connectivity index (χ4v) is 1.45. The molecule has 2 rings (SSSR count). The quantitative estimate of drug-likeness (QED) is 0.891. The Morgan fingerprint density at radius 2 is 2.18 bits per heavy atom. The summed E-state index contributed by atoms with van der Waals surface area (Å²) >= 11 is 0. The van der Waals surface area contributed by atoms with E-state index >= 15 is 0 Å². The van der Waals surface area contributed by atoms with E-state index in [0.717, 1.165) is 6.07 Å². The highest BCUT2D eigenvalue weighted by molar-refractivity contribution is 5.46. The maximum Gasteiger partial charge on any atom is 0.168 e. The van der Waals surface area contributed by atoms with Gasteiger partial charge in [-0.2, -0.15) is 0 Å². The summed E-state index contributed by atoms with van der Waals surface area (Å²) in [6.07, 6.45) is 1.52. The van der Waals surface area contributed by atoms with Gasteiger partial charge in [-0.1, -0.05) is 0 Å². The molecule has 0 saturated carbocycles. The Kier molecular flexibility index (Phi) is 2.95. The molecule has 17 heavy (non-hydrogen) atoms. The van der Waals surface area contributed by atoms with Crippen LogP contribution in [0.5, 0.6) is 0 Å². The summed E-state index contributed by atoms with van der Waals surface area (Å²) in [6, 6.07) is 4.20. The van der Waals surface area contributed by atoms with Crippen LogP contribution in [0, 0.1) is 11.6 Å². The van der Waals surface area contributed by atoms with Crippen molar-refractivity contribution in [1.82, 2.24) is 4.98 Å². The van der Waals surface area contributed by atoms with Gasteiger partial charge in [-0.25, -0.2) is 13.8 Å². The molecule has 0 bridgehead atoms. The zero-order valence-electron chi connectivity index (χ0n) is 9.15. The number of hydrogen-bond acceptors (Lipinski definition) is 4. The summed E-state index contributed by atoms with van der Waals surface area (Å²) < 4.78 is 31.5. The first-order valence-corrected chi connectivity index (χ1v) is 4.93. The summed E-state index contributed by atoms with van der Waals surface area (Å²) in [4.78, 5) is 5.15. The predicted octanol–water partition coefficient (Wildman–Crippen LogP) is 2.17. The molecule has 2 aromatic heterocycles. The van der Waals surface area contributed by atoms with Crippen molar-refractivity contribution in [3.05, 3.63) is 41.9 Å². The van der Waals surface area contributed by atoms with Crippen LogP contribution in [0.3, 0.4) is 0 Å². The molecular formula is C11H11F2N3O. The summed E-state index contributed by atoms with van der Waals surface area (Å²) in [5, 5.41) is 0. The fourth-order valence-electron chi connectivity index (χ4n) is 1.45. The van der Waals surface area contributed by atoms with Gasteiger partial charge in [-0.15, -0.1) is 0 Å². The van der Waals surface area contributed by atoms with E-state index in [1.54, 1.807) is 19.2 Å². The summed E-state index contributed by atoms with van der Waals surface area (Å²) in [7, 11) is 1.62. The van der Waals surface area contributed by atoms with Gasteiger partial charge in [0.1, 0.15) is 5.76 Å². The second-order valence-corrected chi connectivity index (χ2v) is 3.60. The molecule has 0 aromatic carbocycles. The minimum atomic E-state index is -0.863. The molecule has 4 nitrogen and oxygen atoms in total. The van der Waals surface area contributed by atoms with Crippen molar-refractivity contribution in [2.24, 2.45) is 0 Å². The van der Waals surface area contributed by atoms with E-state index in [-0.39, 0.29) is 11.6 Å². The lowest BCUT2D eigenvalue weighted by molar-refractivity contribution is 0.503. The Balaban J connectivity index is 2.24. The van der Waals surface area contributed by atoms with E-state index in [4.69, 9.17) is 10.2 Å².